The maximum Gasteiger partial charge on any atom is 0.0644 e. The normalized spacial score (nSPS) is 11.2. The van der Waals surface area contributed by atoms with E-state index in [0.717, 1.165) is 23.6 Å². The zero-order chi connectivity index (χ0) is 28.5. The monoisotopic (exact) mass is 540 g/mol. The SMILES string of the molecule is CCN(c1ccc(-c2c3ccccc3c(-c3ccc(-c4ccccc4)cc3)c3ccccc23)cc1)c1ccccc1N. The third-order valence-corrected chi connectivity index (χ3v) is 8.22. The number of nitrogens with zero attached hydrogens (tertiary/aromatic N) is 1. The van der Waals surface area contributed by atoms with Crippen molar-refractivity contribution in [3.63, 3.8) is 0 Å². The summed E-state index contributed by atoms with van der Waals surface area (Å²) in [5, 5.41) is 5.03. The van der Waals surface area contributed by atoms with Gasteiger partial charge >= 0.3 is 0 Å². The lowest BCUT2D eigenvalue weighted by Crippen LogP contribution is -2.17. The second-order valence-corrected chi connectivity index (χ2v) is 10.6. The number of nitrogens with two attached hydrogens (primary N) is 1. The highest BCUT2D eigenvalue weighted by Gasteiger charge is 2.17. The van der Waals surface area contributed by atoms with Crippen LogP contribution in [-0.2, 0) is 0 Å². The third-order valence-electron chi connectivity index (χ3n) is 8.22. The van der Waals surface area contributed by atoms with E-state index < -0.39 is 0 Å². The fraction of sp³-hybridized carbons (Fsp3) is 0.0500. The number of hydrogen-bond acceptors (Lipinski definition) is 2. The molecule has 202 valence electrons. The Morgan fingerprint density at radius 3 is 1.33 bits per heavy atom. The van der Waals surface area contributed by atoms with Crippen LogP contribution in [0.3, 0.4) is 0 Å². The van der Waals surface area contributed by atoms with E-state index in [9.17, 15) is 0 Å². The summed E-state index contributed by atoms with van der Waals surface area (Å²) in [6, 6.07) is 54.2. The molecule has 0 radical (unpaired) electrons. The van der Waals surface area contributed by atoms with Crippen molar-refractivity contribution in [1.29, 1.82) is 0 Å². The van der Waals surface area contributed by atoms with E-state index in [2.05, 4.69) is 145 Å². The molecule has 0 amide bonds. The molecular formula is C40H32N2. The fourth-order valence-corrected chi connectivity index (χ4v) is 6.24. The van der Waals surface area contributed by atoms with Gasteiger partial charge in [0.2, 0.25) is 0 Å². The van der Waals surface area contributed by atoms with Gasteiger partial charge in [-0.25, -0.2) is 0 Å². The first-order valence-corrected chi connectivity index (χ1v) is 14.5. The molecule has 0 spiro atoms. The number of nitrogen functional groups attached to an aromatic ring is 1. The van der Waals surface area contributed by atoms with Crippen LogP contribution in [0.25, 0.3) is 54.9 Å². The Kier molecular flexibility index (Phi) is 6.65. The smallest absolute Gasteiger partial charge is 0.0644 e. The Hall–Kier alpha value is -5.34. The van der Waals surface area contributed by atoms with Gasteiger partial charge in [0.05, 0.1) is 11.4 Å². The Balaban J connectivity index is 1.38. The molecular weight excluding hydrogens is 508 g/mol. The van der Waals surface area contributed by atoms with E-state index in [0.29, 0.717) is 0 Å². The highest BCUT2D eigenvalue weighted by molar-refractivity contribution is 6.21. The molecule has 2 N–H and O–H groups in total. The molecule has 2 nitrogen and oxygen atoms in total. The van der Waals surface area contributed by atoms with Crippen LogP contribution in [0.15, 0.2) is 152 Å². The first-order chi connectivity index (χ1) is 20.7. The highest BCUT2D eigenvalue weighted by atomic mass is 15.1. The van der Waals surface area contributed by atoms with Crippen LogP contribution in [-0.4, -0.2) is 6.54 Å². The number of rotatable bonds is 6. The molecule has 0 aliphatic heterocycles. The Bertz CT molecular complexity index is 1950. The van der Waals surface area contributed by atoms with Crippen LogP contribution in [0, 0.1) is 0 Å². The molecule has 0 saturated heterocycles. The molecule has 7 aromatic rings. The number of para-hydroxylation sites is 2. The van der Waals surface area contributed by atoms with E-state index in [1.165, 1.54) is 54.9 Å². The molecule has 0 aliphatic carbocycles. The van der Waals surface area contributed by atoms with E-state index in [-0.39, 0.29) is 0 Å². The second kappa shape index (κ2) is 10.9. The summed E-state index contributed by atoms with van der Waals surface area (Å²) in [6.45, 7) is 2.99. The van der Waals surface area contributed by atoms with E-state index in [1.54, 1.807) is 0 Å². The molecule has 0 saturated carbocycles. The summed E-state index contributed by atoms with van der Waals surface area (Å²) in [5.41, 5.74) is 16.7. The van der Waals surface area contributed by atoms with Crippen LogP contribution < -0.4 is 10.6 Å². The Morgan fingerprint density at radius 2 is 0.833 bits per heavy atom. The van der Waals surface area contributed by atoms with Crippen LogP contribution in [0.1, 0.15) is 6.92 Å². The molecule has 42 heavy (non-hydrogen) atoms. The van der Waals surface area contributed by atoms with Crippen molar-refractivity contribution in [1.82, 2.24) is 0 Å². The van der Waals surface area contributed by atoms with Gasteiger partial charge in [0.15, 0.2) is 0 Å². The molecule has 0 unspecified atom stereocenters. The fourth-order valence-electron chi connectivity index (χ4n) is 6.24. The van der Waals surface area contributed by atoms with Crippen LogP contribution in [0.5, 0.6) is 0 Å². The lowest BCUT2D eigenvalue weighted by atomic mass is 9.85. The second-order valence-electron chi connectivity index (χ2n) is 10.6. The van der Waals surface area contributed by atoms with E-state index in [4.69, 9.17) is 5.73 Å². The largest absolute Gasteiger partial charge is 0.397 e. The van der Waals surface area contributed by atoms with Crippen molar-refractivity contribution in [3.8, 4) is 33.4 Å². The summed E-state index contributed by atoms with van der Waals surface area (Å²) in [5.74, 6) is 0. The molecule has 2 heteroatoms. The van der Waals surface area contributed by atoms with Gasteiger partial charge in [-0.1, -0.05) is 127 Å². The van der Waals surface area contributed by atoms with Crippen LogP contribution >= 0.6 is 0 Å². The molecule has 0 aliphatic rings. The highest BCUT2D eigenvalue weighted by Crippen LogP contribution is 2.44. The van der Waals surface area contributed by atoms with E-state index >= 15 is 0 Å². The number of benzene rings is 7. The van der Waals surface area contributed by atoms with Gasteiger partial charge in [0.1, 0.15) is 0 Å². The van der Waals surface area contributed by atoms with Gasteiger partial charge in [-0.05, 0) is 86.1 Å². The quantitative estimate of drug-likeness (QED) is 0.168. The first-order valence-electron chi connectivity index (χ1n) is 14.5. The van der Waals surface area contributed by atoms with Gasteiger partial charge in [-0.2, -0.15) is 0 Å². The number of anilines is 3. The maximum atomic E-state index is 6.34. The molecule has 7 aromatic carbocycles. The van der Waals surface area contributed by atoms with Gasteiger partial charge in [-0.3, -0.25) is 0 Å². The minimum Gasteiger partial charge on any atom is -0.397 e. The van der Waals surface area contributed by atoms with Gasteiger partial charge in [0, 0.05) is 12.2 Å². The first kappa shape index (κ1) is 25.6. The predicted octanol–water partition coefficient (Wildman–Crippen LogP) is 10.7. The Morgan fingerprint density at radius 1 is 0.429 bits per heavy atom. The van der Waals surface area contributed by atoms with Crippen LogP contribution in [0.2, 0.25) is 0 Å². The van der Waals surface area contributed by atoms with Crippen molar-refractivity contribution in [2.75, 3.05) is 17.2 Å². The molecule has 0 aromatic heterocycles. The zero-order valence-electron chi connectivity index (χ0n) is 23.7. The average molecular weight is 541 g/mol. The molecule has 0 heterocycles. The lowest BCUT2D eigenvalue weighted by molar-refractivity contribution is 1.03. The summed E-state index contributed by atoms with van der Waals surface area (Å²) in [6.07, 6.45) is 0. The van der Waals surface area contributed by atoms with Gasteiger partial charge < -0.3 is 10.6 Å². The standard InChI is InChI=1S/C40H32N2/c1-2-42(38-19-11-10-18-37(38)41)32-26-24-31(25-27-32)40-35-16-8-6-14-33(35)39(34-15-7-9-17-36(34)40)30-22-20-29(21-23-30)28-12-4-3-5-13-28/h3-27H,2,41H2,1H3. The topological polar surface area (TPSA) is 29.3 Å². The number of fused-ring (bicyclic) bond motifs is 2. The van der Waals surface area contributed by atoms with Crippen molar-refractivity contribution < 1.29 is 0 Å². The third kappa shape index (κ3) is 4.48. The zero-order valence-corrected chi connectivity index (χ0v) is 23.7. The average Bonchev–Trinajstić information content (AvgIpc) is 3.06. The van der Waals surface area contributed by atoms with Crippen molar-refractivity contribution >= 4 is 38.6 Å². The summed E-state index contributed by atoms with van der Waals surface area (Å²) in [7, 11) is 0. The minimum absolute atomic E-state index is 0.785. The molecule has 0 fully saturated rings. The lowest BCUT2D eigenvalue weighted by Gasteiger charge is -2.25. The minimum atomic E-state index is 0.785. The van der Waals surface area contributed by atoms with Crippen LogP contribution in [0.4, 0.5) is 17.1 Å². The van der Waals surface area contributed by atoms with Crippen molar-refractivity contribution in [2.45, 2.75) is 6.92 Å². The van der Waals surface area contributed by atoms with Crippen molar-refractivity contribution in [3.05, 3.63) is 152 Å². The molecule has 7 rings (SSSR count). The van der Waals surface area contributed by atoms with Gasteiger partial charge in [-0.15, -0.1) is 0 Å². The molecule has 0 bridgehead atoms. The molecule has 0 atom stereocenters. The summed E-state index contributed by atoms with van der Waals surface area (Å²) >= 11 is 0. The van der Waals surface area contributed by atoms with E-state index in [1.807, 2.05) is 18.2 Å². The summed E-state index contributed by atoms with van der Waals surface area (Å²) < 4.78 is 0. The number of hydrogen-bond donors (Lipinski definition) is 1. The Labute approximate surface area is 247 Å². The van der Waals surface area contributed by atoms with Gasteiger partial charge in [0.25, 0.3) is 0 Å². The summed E-state index contributed by atoms with van der Waals surface area (Å²) in [4.78, 5) is 2.26. The van der Waals surface area contributed by atoms with Crippen molar-refractivity contribution in [2.24, 2.45) is 0 Å². The maximum absolute atomic E-state index is 6.34. The predicted molar refractivity (Wildman–Crippen MR) is 181 cm³/mol.